The number of ether oxygens (including phenoxy) is 1. The summed E-state index contributed by atoms with van der Waals surface area (Å²) in [6.07, 6.45) is 4.21. The molecular formula is C20H25N3O4. The monoisotopic (exact) mass is 371 g/mol. The zero-order valence-electron chi connectivity index (χ0n) is 15.7. The van der Waals surface area contributed by atoms with E-state index in [0.29, 0.717) is 38.1 Å². The van der Waals surface area contributed by atoms with Crippen LogP contribution in [0.25, 0.3) is 0 Å². The first-order valence-electron chi connectivity index (χ1n) is 8.98. The highest BCUT2D eigenvalue weighted by atomic mass is 16.5. The minimum atomic E-state index is -0.524. The molecule has 1 aliphatic rings. The molecule has 1 aromatic heterocycles. The number of carbonyl (C=O) groups excluding carboxylic acids is 2. The Morgan fingerprint density at radius 1 is 1.33 bits per heavy atom. The van der Waals surface area contributed by atoms with Gasteiger partial charge in [-0.3, -0.25) is 4.79 Å². The summed E-state index contributed by atoms with van der Waals surface area (Å²) in [7, 11) is 1.63. The molecule has 27 heavy (non-hydrogen) atoms. The van der Waals surface area contributed by atoms with Crippen molar-refractivity contribution >= 4 is 17.6 Å². The molecule has 2 heterocycles. The van der Waals surface area contributed by atoms with Crippen molar-refractivity contribution in [3.8, 4) is 0 Å². The van der Waals surface area contributed by atoms with Crippen molar-refractivity contribution in [3.05, 3.63) is 54.0 Å². The first-order valence-corrected chi connectivity index (χ1v) is 8.98. The van der Waals surface area contributed by atoms with Gasteiger partial charge in [0.15, 0.2) is 0 Å². The number of hydrogen-bond donors (Lipinski definition) is 2. The Hall–Kier alpha value is -2.80. The third kappa shape index (κ3) is 4.68. The molecular weight excluding hydrogens is 346 g/mol. The fraction of sp³-hybridized carbons (Fsp3) is 0.400. The van der Waals surface area contributed by atoms with E-state index in [4.69, 9.17) is 9.15 Å². The van der Waals surface area contributed by atoms with Crippen LogP contribution in [-0.2, 0) is 4.74 Å². The van der Waals surface area contributed by atoms with Gasteiger partial charge in [0, 0.05) is 32.5 Å². The molecule has 0 aliphatic carbocycles. The Morgan fingerprint density at radius 2 is 2.19 bits per heavy atom. The summed E-state index contributed by atoms with van der Waals surface area (Å²) in [6.45, 7) is 3.47. The SMILES string of the molecule is COCCC1(NC(=O)Nc2cccc(C)c2)CCN(C(=O)c2ccoc2)C1. The lowest BCUT2D eigenvalue weighted by Crippen LogP contribution is -2.53. The van der Waals surface area contributed by atoms with E-state index in [1.807, 2.05) is 31.2 Å². The molecule has 2 aromatic rings. The number of nitrogens with zero attached hydrogens (tertiary/aromatic N) is 1. The highest BCUT2D eigenvalue weighted by molar-refractivity contribution is 5.94. The van der Waals surface area contributed by atoms with Crippen molar-refractivity contribution in [1.29, 1.82) is 0 Å². The summed E-state index contributed by atoms with van der Waals surface area (Å²) in [5.41, 5.74) is 1.80. The quantitative estimate of drug-likeness (QED) is 0.817. The van der Waals surface area contributed by atoms with E-state index >= 15 is 0 Å². The van der Waals surface area contributed by atoms with E-state index in [1.54, 1.807) is 18.1 Å². The molecule has 0 saturated carbocycles. The Balaban J connectivity index is 1.68. The van der Waals surface area contributed by atoms with Crippen molar-refractivity contribution < 1.29 is 18.7 Å². The second-order valence-corrected chi connectivity index (χ2v) is 6.96. The zero-order chi connectivity index (χ0) is 19.3. The van der Waals surface area contributed by atoms with Crippen LogP contribution in [0, 0.1) is 6.92 Å². The van der Waals surface area contributed by atoms with Crippen LogP contribution in [-0.4, -0.2) is 49.2 Å². The van der Waals surface area contributed by atoms with Gasteiger partial charge >= 0.3 is 6.03 Å². The molecule has 1 aliphatic heterocycles. The standard InChI is InChI=1S/C20H25N3O4/c1-15-4-3-5-17(12-15)21-19(25)22-20(8-11-26-2)7-9-23(14-20)18(24)16-6-10-27-13-16/h3-6,10,12-13H,7-9,11,14H2,1-2H3,(H2,21,22,25). The van der Waals surface area contributed by atoms with Crippen LogP contribution < -0.4 is 10.6 Å². The minimum Gasteiger partial charge on any atom is -0.472 e. The number of urea groups is 1. The van der Waals surface area contributed by atoms with Gasteiger partial charge in [-0.2, -0.15) is 0 Å². The summed E-state index contributed by atoms with van der Waals surface area (Å²) < 4.78 is 10.2. The largest absolute Gasteiger partial charge is 0.472 e. The number of nitrogens with one attached hydrogen (secondary N) is 2. The van der Waals surface area contributed by atoms with E-state index in [1.165, 1.54) is 12.5 Å². The third-order valence-electron chi connectivity index (χ3n) is 4.85. The Kier molecular flexibility index (Phi) is 5.81. The number of carbonyl (C=O) groups is 2. The van der Waals surface area contributed by atoms with Gasteiger partial charge in [0.1, 0.15) is 6.26 Å². The topological polar surface area (TPSA) is 83.8 Å². The molecule has 1 aromatic carbocycles. The average molecular weight is 371 g/mol. The number of benzene rings is 1. The summed E-state index contributed by atoms with van der Waals surface area (Å²) in [4.78, 5) is 26.9. The molecule has 7 heteroatoms. The van der Waals surface area contributed by atoms with Crippen molar-refractivity contribution in [2.24, 2.45) is 0 Å². The number of amides is 3. The zero-order valence-corrected chi connectivity index (χ0v) is 15.7. The van der Waals surface area contributed by atoms with Crippen LogP contribution in [0.15, 0.2) is 47.3 Å². The highest BCUT2D eigenvalue weighted by Crippen LogP contribution is 2.27. The van der Waals surface area contributed by atoms with Gasteiger partial charge in [0.05, 0.1) is 17.4 Å². The van der Waals surface area contributed by atoms with Gasteiger partial charge in [0.2, 0.25) is 0 Å². The van der Waals surface area contributed by atoms with Gasteiger partial charge in [-0.1, -0.05) is 12.1 Å². The van der Waals surface area contributed by atoms with Gasteiger partial charge in [-0.05, 0) is 43.5 Å². The van der Waals surface area contributed by atoms with Crippen LogP contribution in [0.1, 0.15) is 28.8 Å². The number of anilines is 1. The molecule has 3 amide bonds. The van der Waals surface area contributed by atoms with E-state index in [2.05, 4.69) is 10.6 Å². The van der Waals surface area contributed by atoms with Gasteiger partial charge < -0.3 is 24.7 Å². The number of likely N-dealkylation sites (tertiary alicyclic amines) is 1. The number of aryl methyl sites for hydroxylation is 1. The van der Waals surface area contributed by atoms with Crippen LogP contribution >= 0.6 is 0 Å². The molecule has 1 saturated heterocycles. The smallest absolute Gasteiger partial charge is 0.319 e. The summed E-state index contributed by atoms with van der Waals surface area (Å²) in [6, 6.07) is 8.98. The van der Waals surface area contributed by atoms with Crippen molar-refractivity contribution in [3.63, 3.8) is 0 Å². The second-order valence-electron chi connectivity index (χ2n) is 6.96. The molecule has 1 fully saturated rings. The molecule has 144 valence electrons. The van der Waals surface area contributed by atoms with Gasteiger partial charge in [-0.15, -0.1) is 0 Å². The molecule has 0 spiro atoms. The van der Waals surface area contributed by atoms with E-state index in [9.17, 15) is 9.59 Å². The van der Waals surface area contributed by atoms with Crippen molar-refractivity contribution in [2.45, 2.75) is 25.3 Å². The molecule has 0 radical (unpaired) electrons. The first-order chi connectivity index (χ1) is 13.0. The number of hydrogen-bond acceptors (Lipinski definition) is 4. The van der Waals surface area contributed by atoms with Gasteiger partial charge in [0.25, 0.3) is 5.91 Å². The maximum atomic E-state index is 12.6. The predicted molar refractivity (Wildman–Crippen MR) is 102 cm³/mol. The predicted octanol–water partition coefficient (Wildman–Crippen LogP) is 3.03. The highest BCUT2D eigenvalue weighted by Gasteiger charge is 2.41. The molecule has 1 atom stereocenters. The van der Waals surface area contributed by atoms with E-state index in [0.717, 1.165) is 11.3 Å². The molecule has 3 rings (SSSR count). The van der Waals surface area contributed by atoms with Crippen LogP contribution in [0.3, 0.4) is 0 Å². The summed E-state index contributed by atoms with van der Waals surface area (Å²) >= 11 is 0. The van der Waals surface area contributed by atoms with Crippen molar-refractivity contribution in [1.82, 2.24) is 10.2 Å². The molecule has 1 unspecified atom stereocenters. The van der Waals surface area contributed by atoms with Crippen molar-refractivity contribution in [2.75, 3.05) is 32.1 Å². The normalized spacial score (nSPS) is 19.1. The van der Waals surface area contributed by atoms with Crippen LogP contribution in [0.2, 0.25) is 0 Å². The Labute approximate surface area is 158 Å². The minimum absolute atomic E-state index is 0.0936. The molecule has 2 N–H and O–H groups in total. The summed E-state index contributed by atoms with van der Waals surface area (Å²) in [5.74, 6) is -0.0936. The van der Waals surface area contributed by atoms with E-state index < -0.39 is 5.54 Å². The number of methoxy groups -OCH3 is 1. The molecule has 7 nitrogen and oxygen atoms in total. The Morgan fingerprint density at radius 3 is 2.89 bits per heavy atom. The van der Waals surface area contributed by atoms with Crippen LogP contribution in [0.5, 0.6) is 0 Å². The van der Waals surface area contributed by atoms with E-state index in [-0.39, 0.29) is 11.9 Å². The average Bonchev–Trinajstić information content (AvgIpc) is 3.30. The lowest BCUT2D eigenvalue weighted by molar-refractivity contribution is 0.0772. The number of furan rings is 1. The van der Waals surface area contributed by atoms with Crippen LogP contribution in [0.4, 0.5) is 10.5 Å². The maximum absolute atomic E-state index is 12.6. The molecule has 0 bridgehead atoms. The summed E-state index contributed by atoms with van der Waals surface area (Å²) in [5, 5.41) is 5.95. The Bertz CT molecular complexity index is 790. The fourth-order valence-corrected chi connectivity index (χ4v) is 3.41. The van der Waals surface area contributed by atoms with Gasteiger partial charge in [-0.25, -0.2) is 4.79 Å². The lowest BCUT2D eigenvalue weighted by atomic mass is 9.94. The number of rotatable bonds is 6. The second kappa shape index (κ2) is 8.26. The third-order valence-corrected chi connectivity index (χ3v) is 4.85. The first kappa shape index (κ1) is 19.0. The lowest BCUT2D eigenvalue weighted by Gasteiger charge is -2.30. The fourth-order valence-electron chi connectivity index (χ4n) is 3.41. The maximum Gasteiger partial charge on any atom is 0.319 e.